The number of oxazole rings is 1. The van der Waals surface area contributed by atoms with Gasteiger partial charge >= 0.3 is 0 Å². The van der Waals surface area contributed by atoms with Crippen LogP contribution in [0.4, 0.5) is 0 Å². The Balaban J connectivity index is 2.06. The van der Waals surface area contributed by atoms with Gasteiger partial charge in [0, 0.05) is 0 Å². The van der Waals surface area contributed by atoms with Gasteiger partial charge in [0.05, 0.1) is 12.4 Å². The van der Waals surface area contributed by atoms with Gasteiger partial charge in [-0.25, -0.2) is 9.97 Å². The summed E-state index contributed by atoms with van der Waals surface area (Å²) in [6.45, 7) is 4.03. The first-order valence-electron chi connectivity index (χ1n) is 5.20. The molecule has 0 aliphatic carbocycles. The van der Waals surface area contributed by atoms with Crippen molar-refractivity contribution in [2.75, 3.05) is 0 Å². The van der Waals surface area contributed by atoms with Gasteiger partial charge in [-0.3, -0.25) is 0 Å². The van der Waals surface area contributed by atoms with Crippen LogP contribution in [0.1, 0.15) is 24.1 Å². The lowest BCUT2D eigenvalue weighted by Crippen LogP contribution is -1.97. The molecule has 0 spiro atoms. The van der Waals surface area contributed by atoms with Crippen molar-refractivity contribution in [3.8, 4) is 17.6 Å². The summed E-state index contributed by atoms with van der Waals surface area (Å²) in [5, 5.41) is 0. The standard InChI is InChI=1S/C13H12N2O2/c1-3-4-12-10(2)7-11(8-15-12)17-9-13-14-5-6-16-13/h5-8H,9H2,1-2H3. The number of aryl methyl sites for hydroxylation is 1. The molecule has 0 N–H and O–H groups in total. The molecule has 0 aliphatic rings. The Kier molecular flexibility index (Phi) is 3.41. The van der Waals surface area contributed by atoms with Gasteiger partial charge in [0.15, 0.2) is 6.61 Å². The van der Waals surface area contributed by atoms with E-state index in [0.717, 1.165) is 11.3 Å². The molecular formula is C13H12N2O2. The number of pyridine rings is 1. The quantitative estimate of drug-likeness (QED) is 0.756. The lowest BCUT2D eigenvalue weighted by molar-refractivity contribution is 0.262. The molecule has 17 heavy (non-hydrogen) atoms. The highest BCUT2D eigenvalue weighted by atomic mass is 16.5. The third-order valence-corrected chi connectivity index (χ3v) is 2.14. The molecular weight excluding hydrogens is 216 g/mol. The van der Waals surface area contributed by atoms with Gasteiger partial charge in [-0.05, 0) is 31.4 Å². The van der Waals surface area contributed by atoms with Crippen LogP contribution in [0.3, 0.4) is 0 Å². The minimum atomic E-state index is 0.299. The molecule has 2 aromatic heterocycles. The second-order valence-electron chi connectivity index (χ2n) is 3.43. The molecule has 4 heteroatoms. The molecule has 0 saturated carbocycles. The van der Waals surface area contributed by atoms with Gasteiger partial charge in [-0.1, -0.05) is 5.92 Å². The molecule has 86 valence electrons. The highest BCUT2D eigenvalue weighted by Gasteiger charge is 2.02. The van der Waals surface area contributed by atoms with Crippen LogP contribution in [0.25, 0.3) is 0 Å². The summed E-state index contributed by atoms with van der Waals surface area (Å²) < 4.78 is 10.6. The van der Waals surface area contributed by atoms with Crippen LogP contribution in [-0.4, -0.2) is 9.97 Å². The smallest absolute Gasteiger partial charge is 0.232 e. The maximum absolute atomic E-state index is 5.50. The van der Waals surface area contributed by atoms with E-state index in [9.17, 15) is 0 Å². The van der Waals surface area contributed by atoms with Gasteiger partial charge in [0.25, 0.3) is 0 Å². The maximum Gasteiger partial charge on any atom is 0.232 e. The number of aromatic nitrogens is 2. The summed E-state index contributed by atoms with van der Waals surface area (Å²) in [7, 11) is 0. The number of hydrogen-bond acceptors (Lipinski definition) is 4. The Labute approximate surface area is 99.7 Å². The van der Waals surface area contributed by atoms with E-state index in [0.29, 0.717) is 18.2 Å². The molecule has 4 nitrogen and oxygen atoms in total. The SMILES string of the molecule is CC#Cc1ncc(OCc2ncco2)cc1C. The monoisotopic (exact) mass is 228 g/mol. The summed E-state index contributed by atoms with van der Waals surface area (Å²) in [5.74, 6) is 6.97. The Hall–Kier alpha value is -2.28. The third kappa shape index (κ3) is 2.85. The molecule has 2 aromatic rings. The van der Waals surface area contributed by atoms with E-state index in [2.05, 4.69) is 21.8 Å². The number of rotatable bonds is 3. The maximum atomic E-state index is 5.50. The van der Waals surface area contributed by atoms with Gasteiger partial charge in [-0.15, -0.1) is 0 Å². The highest BCUT2D eigenvalue weighted by molar-refractivity contribution is 5.38. The highest BCUT2D eigenvalue weighted by Crippen LogP contribution is 2.15. The average molecular weight is 228 g/mol. The van der Waals surface area contributed by atoms with Crippen molar-refractivity contribution in [1.82, 2.24) is 9.97 Å². The normalized spacial score (nSPS) is 9.53. The molecule has 0 radical (unpaired) electrons. The third-order valence-electron chi connectivity index (χ3n) is 2.14. The summed E-state index contributed by atoms with van der Waals surface area (Å²) in [4.78, 5) is 8.18. The van der Waals surface area contributed by atoms with E-state index in [1.165, 1.54) is 6.26 Å². The number of ether oxygens (including phenoxy) is 1. The van der Waals surface area contributed by atoms with E-state index >= 15 is 0 Å². The van der Waals surface area contributed by atoms with Crippen LogP contribution < -0.4 is 4.74 Å². The van der Waals surface area contributed by atoms with Gasteiger partial charge < -0.3 is 9.15 Å². The Bertz CT molecular complexity index is 551. The number of nitrogens with zero attached hydrogens (tertiary/aromatic N) is 2. The molecule has 0 unspecified atom stereocenters. The molecule has 0 aromatic carbocycles. The van der Waals surface area contributed by atoms with E-state index in [1.54, 1.807) is 19.3 Å². The van der Waals surface area contributed by atoms with Crippen LogP contribution in [0.2, 0.25) is 0 Å². The summed E-state index contributed by atoms with van der Waals surface area (Å²) in [5.41, 5.74) is 1.76. The van der Waals surface area contributed by atoms with Gasteiger partial charge in [0.2, 0.25) is 5.89 Å². The predicted molar refractivity (Wildman–Crippen MR) is 62.4 cm³/mol. The van der Waals surface area contributed by atoms with Crippen molar-refractivity contribution in [3.63, 3.8) is 0 Å². The van der Waals surface area contributed by atoms with E-state index in [4.69, 9.17) is 9.15 Å². The average Bonchev–Trinajstić information content (AvgIpc) is 2.83. The lowest BCUT2D eigenvalue weighted by atomic mass is 10.2. The second-order valence-corrected chi connectivity index (χ2v) is 3.43. The fraction of sp³-hybridized carbons (Fsp3) is 0.231. The topological polar surface area (TPSA) is 48.2 Å². The van der Waals surface area contributed by atoms with E-state index in [1.807, 2.05) is 13.0 Å². The fourth-order valence-corrected chi connectivity index (χ4v) is 1.35. The van der Waals surface area contributed by atoms with Crippen LogP contribution in [-0.2, 0) is 6.61 Å². The van der Waals surface area contributed by atoms with Crippen molar-refractivity contribution < 1.29 is 9.15 Å². The summed E-state index contributed by atoms with van der Waals surface area (Å²) >= 11 is 0. The first-order chi connectivity index (χ1) is 8.29. The second kappa shape index (κ2) is 5.17. The van der Waals surface area contributed by atoms with Crippen molar-refractivity contribution in [1.29, 1.82) is 0 Å². The predicted octanol–water partition coefficient (Wildman–Crippen LogP) is 2.33. The van der Waals surface area contributed by atoms with Crippen molar-refractivity contribution in [2.45, 2.75) is 20.5 Å². The van der Waals surface area contributed by atoms with Crippen LogP contribution in [0.15, 0.2) is 29.1 Å². The molecule has 2 heterocycles. The fourth-order valence-electron chi connectivity index (χ4n) is 1.35. The minimum Gasteiger partial charge on any atom is -0.482 e. The lowest BCUT2D eigenvalue weighted by Gasteiger charge is -2.04. The largest absolute Gasteiger partial charge is 0.482 e. The molecule has 0 atom stereocenters. The van der Waals surface area contributed by atoms with E-state index < -0.39 is 0 Å². The summed E-state index contributed by atoms with van der Waals surface area (Å²) in [6.07, 6.45) is 4.75. The molecule has 0 fully saturated rings. The van der Waals surface area contributed by atoms with Crippen LogP contribution in [0.5, 0.6) is 5.75 Å². The van der Waals surface area contributed by atoms with Gasteiger partial charge in [0.1, 0.15) is 17.7 Å². The number of hydrogen-bond donors (Lipinski definition) is 0. The van der Waals surface area contributed by atoms with Crippen LogP contribution in [0, 0.1) is 18.8 Å². The molecule has 0 amide bonds. The zero-order valence-corrected chi connectivity index (χ0v) is 9.73. The van der Waals surface area contributed by atoms with Crippen LogP contribution >= 0.6 is 0 Å². The Morgan fingerprint density at radius 1 is 1.41 bits per heavy atom. The Morgan fingerprint density at radius 3 is 2.94 bits per heavy atom. The first-order valence-corrected chi connectivity index (χ1v) is 5.20. The molecule has 0 saturated heterocycles. The summed E-state index contributed by atoms with van der Waals surface area (Å²) in [6, 6.07) is 1.90. The zero-order valence-electron chi connectivity index (χ0n) is 9.73. The van der Waals surface area contributed by atoms with Crippen molar-refractivity contribution >= 4 is 0 Å². The zero-order chi connectivity index (χ0) is 12.1. The van der Waals surface area contributed by atoms with E-state index in [-0.39, 0.29) is 0 Å². The Morgan fingerprint density at radius 2 is 2.29 bits per heavy atom. The molecule has 0 bridgehead atoms. The first kappa shape index (κ1) is 11.2. The van der Waals surface area contributed by atoms with Crippen molar-refractivity contribution in [2.24, 2.45) is 0 Å². The molecule has 0 aliphatic heterocycles. The molecule has 2 rings (SSSR count). The van der Waals surface area contributed by atoms with Gasteiger partial charge in [-0.2, -0.15) is 0 Å². The minimum absolute atomic E-state index is 0.299. The van der Waals surface area contributed by atoms with Crippen molar-refractivity contribution in [3.05, 3.63) is 41.9 Å².